The van der Waals surface area contributed by atoms with Crippen LogP contribution in [0.25, 0.3) is 11.0 Å². The van der Waals surface area contributed by atoms with E-state index in [-0.39, 0.29) is 0 Å². The van der Waals surface area contributed by atoms with Gasteiger partial charge in [-0.1, -0.05) is 36.0 Å². The minimum absolute atomic E-state index is 0.561. The summed E-state index contributed by atoms with van der Waals surface area (Å²) in [6, 6.07) is 7.69. The molecule has 90 valence electrons. The van der Waals surface area contributed by atoms with Gasteiger partial charge in [0, 0.05) is 5.02 Å². The molecule has 0 aliphatic rings. The number of nitrogens with zero attached hydrogens (tertiary/aromatic N) is 3. The molecule has 3 rings (SSSR count). The van der Waals surface area contributed by atoms with Crippen LogP contribution >= 0.6 is 23.8 Å². The maximum absolute atomic E-state index is 5.86. The molecule has 0 fully saturated rings. The molecule has 3 aromatic rings. The van der Waals surface area contributed by atoms with Gasteiger partial charge in [0.2, 0.25) is 0 Å². The minimum atomic E-state index is 0.561. The van der Waals surface area contributed by atoms with Crippen molar-refractivity contribution >= 4 is 34.9 Å². The molecule has 6 heteroatoms. The number of benzene rings is 1. The Kier molecular flexibility index (Phi) is 2.85. The van der Waals surface area contributed by atoms with E-state index in [0.717, 1.165) is 21.6 Å². The fourth-order valence-corrected chi connectivity index (χ4v) is 2.13. The van der Waals surface area contributed by atoms with E-state index in [2.05, 4.69) is 15.1 Å². The molecule has 0 atom stereocenters. The molecule has 1 N–H and O–H groups in total. The van der Waals surface area contributed by atoms with Crippen LogP contribution in [-0.4, -0.2) is 19.7 Å². The van der Waals surface area contributed by atoms with Crippen molar-refractivity contribution in [2.24, 2.45) is 0 Å². The van der Waals surface area contributed by atoms with Crippen molar-refractivity contribution in [1.29, 1.82) is 0 Å². The minimum Gasteiger partial charge on any atom is -0.331 e. The van der Waals surface area contributed by atoms with Crippen LogP contribution in [0.2, 0.25) is 5.02 Å². The largest absolute Gasteiger partial charge is 0.331 e. The molecule has 0 saturated heterocycles. The molecule has 0 saturated carbocycles. The van der Waals surface area contributed by atoms with Crippen molar-refractivity contribution in [3.8, 4) is 0 Å². The number of rotatable bonds is 2. The molecule has 18 heavy (non-hydrogen) atoms. The zero-order valence-corrected chi connectivity index (χ0v) is 10.9. The SMILES string of the molecule is S=c1nc[nH]c2c1cnn2Cc1ccc(Cl)cc1. The smallest absolute Gasteiger partial charge is 0.140 e. The standard InChI is InChI=1S/C12H9ClN4S/c13-9-3-1-8(2-4-9)6-17-11-10(5-16-17)12(18)15-7-14-11/h1-5,7H,6H2,(H,14,15,18). The Morgan fingerprint density at radius 1 is 1.28 bits per heavy atom. The first-order chi connectivity index (χ1) is 8.74. The molecular weight excluding hydrogens is 268 g/mol. The van der Waals surface area contributed by atoms with Gasteiger partial charge in [-0.2, -0.15) is 5.10 Å². The molecule has 1 aromatic carbocycles. The lowest BCUT2D eigenvalue weighted by Gasteiger charge is -2.03. The fourth-order valence-electron chi connectivity index (χ4n) is 1.80. The molecule has 0 aliphatic heterocycles. The van der Waals surface area contributed by atoms with Gasteiger partial charge in [-0.3, -0.25) is 0 Å². The van der Waals surface area contributed by atoms with Crippen LogP contribution in [0.1, 0.15) is 5.56 Å². The molecule has 4 nitrogen and oxygen atoms in total. The highest BCUT2D eigenvalue weighted by Gasteiger charge is 2.05. The molecule has 0 aliphatic carbocycles. The summed E-state index contributed by atoms with van der Waals surface area (Å²) in [5.74, 6) is 0. The van der Waals surface area contributed by atoms with Gasteiger partial charge < -0.3 is 4.98 Å². The Hall–Kier alpha value is -1.72. The Bertz CT molecular complexity index is 745. The van der Waals surface area contributed by atoms with Crippen molar-refractivity contribution in [2.75, 3.05) is 0 Å². The van der Waals surface area contributed by atoms with E-state index in [1.54, 1.807) is 12.5 Å². The van der Waals surface area contributed by atoms with Crippen LogP contribution in [0.15, 0.2) is 36.8 Å². The van der Waals surface area contributed by atoms with Crippen molar-refractivity contribution in [3.05, 3.63) is 52.0 Å². The number of H-pyrrole nitrogens is 1. The third kappa shape index (κ3) is 2.02. The van der Waals surface area contributed by atoms with Gasteiger partial charge in [-0.25, -0.2) is 9.67 Å². The van der Waals surface area contributed by atoms with Crippen molar-refractivity contribution in [2.45, 2.75) is 6.54 Å². The first-order valence-corrected chi connectivity index (χ1v) is 6.16. The van der Waals surface area contributed by atoms with Crippen LogP contribution < -0.4 is 0 Å². The predicted octanol–water partition coefficient (Wildman–Crippen LogP) is 3.19. The summed E-state index contributed by atoms with van der Waals surface area (Å²) < 4.78 is 2.42. The maximum atomic E-state index is 5.86. The molecular formula is C12H9ClN4S. The van der Waals surface area contributed by atoms with Crippen LogP contribution in [0.4, 0.5) is 0 Å². The monoisotopic (exact) mass is 276 g/mol. The van der Waals surface area contributed by atoms with Crippen LogP contribution in [0.3, 0.4) is 0 Å². The first-order valence-electron chi connectivity index (χ1n) is 5.38. The van der Waals surface area contributed by atoms with Crippen LogP contribution in [0, 0.1) is 4.64 Å². The average Bonchev–Trinajstić information content (AvgIpc) is 2.77. The second kappa shape index (κ2) is 4.51. The van der Waals surface area contributed by atoms with E-state index < -0.39 is 0 Å². The first kappa shape index (κ1) is 11.4. The lowest BCUT2D eigenvalue weighted by molar-refractivity contribution is 0.703. The van der Waals surface area contributed by atoms with E-state index >= 15 is 0 Å². The number of nitrogens with one attached hydrogen (secondary N) is 1. The second-order valence-corrected chi connectivity index (χ2v) is 4.72. The van der Waals surface area contributed by atoms with Crippen molar-refractivity contribution in [3.63, 3.8) is 0 Å². The number of fused-ring (bicyclic) bond motifs is 1. The number of hydrogen-bond acceptors (Lipinski definition) is 3. The third-order valence-corrected chi connectivity index (χ3v) is 3.28. The van der Waals surface area contributed by atoms with Crippen LogP contribution in [-0.2, 0) is 6.54 Å². The lowest BCUT2D eigenvalue weighted by Crippen LogP contribution is -2.02. The highest BCUT2D eigenvalue weighted by molar-refractivity contribution is 7.71. The molecule has 0 amide bonds. The van der Waals surface area contributed by atoms with E-state index in [0.29, 0.717) is 11.2 Å². The molecule has 0 spiro atoms. The van der Waals surface area contributed by atoms with Crippen molar-refractivity contribution in [1.82, 2.24) is 19.7 Å². The lowest BCUT2D eigenvalue weighted by atomic mass is 10.2. The highest BCUT2D eigenvalue weighted by atomic mass is 35.5. The summed E-state index contributed by atoms with van der Waals surface area (Å²) in [6.07, 6.45) is 3.32. The molecule has 0 unspecified atom stereocenters. The number of halogens is 1. The van der Waals surface area contributed by atoms with Gasteiger partial charge in [0.1, 0.15) is 10.3 Å². The van der Waals surface area contributed by atoms with Gasteiger partial charge in [-0.05, 0) is 17.7 Å². The third-order valence-electron chi connectivity index (χ3n) is 2.70. The summed E-state index contributed by atoms with van der Waals surface area (Å²) in [7, 11) is 0. The Morgan fingerprint density at radius 3 is 2.83 bits per heavy atom. The fraction of sp³-hybridized carbons (Fsp3) is 0.0833. The predicted molar refractivity (Wildman–Crippen MR) is 73.3 cm³/mol. The average molecular weight is 277 g/mol. The highest BCUT2D eigenvalue weighted by Crippen LogP contribution is 2.14. The van der Waals surface area contributed by atoms with Gasteiger partial charge in [-0.15, -0.1) is 0 Å². The van der Waals surface area contributed by atoms with Crippen molar-refractivity contribution < 1.29 is 0 Å². The topological polar surface area (TPSA) is 46.5 Å². The van der Waals surface area contributed by atoms with Gasteiger partial charge in [0.15, 0.2) is 0 Å². The Labute approximate surface area is 113 Å². The van der Waals surface area contributed by atoms with Gasteiger partial charge in [0.05, 0.1) is 24.5 Å². The van der Waals surface area contributed by atoms with E-state index in [1.165, 1.54) is 0 Å². The Balaban J connectivity index is 2.03. The molecule has 2 heterocycles. The van der Waals surface area contributed by atoms with Crippen LogP contribution in [0.5, 0.6) is 0 Å². The molecule has 2 aromatic heterocycles. The van der Waals surface area contributed by atoms with Gasteiger partial charge >= 0.3 is 0 Å². The summed E-state index contributed by atoms with van der Waals surface area (Å²) in [4.78, 5) is 7.10. The zero-order valence-electron chi connectivity index (χ0n) is 9.30. The summed E-state index contributed by atoms with van der Waals surface area (Å²) >= 11 is 11.0. The normalized spacial score (nSPS) is 10.9. The number of aromatic nitrogens is 4. The van der Waals surface area contributed by atoms with Gasteiger partial charge in [0.25, 0.3) is 0 Å². The van der Waals surface area contributed by atoms with E-state index in [1.807, 2.05) is 28.9 Å². The number of aromatic amines is 1. The molecule has 0 radical (unpaired) electrons. The van der Waals surface area contributed by atoms with E-state index in [4.69, 9.17) is 23.8 Å². The summed E-state index contributed by atoms with van der Waals surface area (Å²) in [6.45, 7) is 0.663. The summed E-state index contributed by atoms with van der Waals surface area (Å²) in [5.41, 5.74) is 2.01. The number of hydrogen-bond donors (Lipinski definition) is 1. The zero-order chi connectivity index (χ0) is 12.5. The maximum Gasteiger partial charge on any atom is 0.140 e. The second-order valence-electron chi connectivity index (χ2n) is 3.90. The molecule has 0 bridgehead atoms. The summed E-state index contributed by atoms with van der Waals surface area (Å²) in [5, 5.41) is 5.91. The quantitative estimate of drug-likeness (QED) is 0.731. The van der Waals surface area contributed by atoms with E-state index in [9.17, 15) is 0 Å². The Morgan fingerprint density at radius 2 is 2.06 bits per heavy atom.